The summed E-state index contributed by atoms with van der Waals surface area (Å²) in [5, 5.41) is 11.1. The molecule has 3 rings (SSSR count). The molecule has 2 aromatic rings. The van der Waals surface area contributed by atoms with E-state index in [1.807, 2.05) is 0 Å². The number of carbonyl (C=O) groups excluding carboxylic acids is 1. The molecule has 1 aliphatic rings. The highest BCUT2D eigenvalue weighted by atomic mass is 35.5. The topological polar surface area (TPSA) is 102 Å². The van der Waals surface area contributed by atoms with E-state index in [1.165, 1.54) is 31.3 Å². The summed E-state index contributed by atoms with van der Waals surface area (Å²) in [6.45, 7) is 0. The van der Waals surface area contributed by atoms with Crippen LogP contribution in [0, 0.1) is 23.0 Å². The third kappa shape index (κ3) is 4.38. The van der Waals surface area contributed by atoms with Crippen LogP contribution >= 0.6 is 11.6 Å². The molecule has 1 amide bonds. The van der Waals surface area contributed by atoms with Gasteiger partial charge in [0.2, 0.25) is 5.91 Å². The normalized spacial score (nSPS) is 21.3. The number of hydrogen-bond donors (Lipinski definition) is 2. The van der Waals surface area contributed by atoms with Gasteiger partial charge < -0.3 is 5.32 Å². The lowest BCUT2D eigenvalue weighted by Gasteiger charge is -2.36. The Morgan fingerprint density at radius 3 is 2.62 bits per heavy atom. The van der Waals surface area contributed by atoms with Crippen molar-refractivity contribution in [2.75, 3.05) is 12.4 Å². The highest BCUT2D eigenvalue weighted by Crippen LogP contribution is 2.29. The summed E-state index contributed by atoms with van der Waals surface area (Å²) >= 11 is 5.70. The summed E-state index contributed by atoms with van der Waals surface area (Å²) in [5.74, 6) is -2.10. The predicted octanol–water partition coefficient (Wildman–Crippen LogP) is 2.71. The number of carbonyl (C=O) groups is 1. The molecule has 1 saturated heterocycles. The Kier molecular flexibility index (Phi) is 5.86. The minimum absolute atomic E-state index is 0.00182. The first-order valence-electron chi connectivity index (χ1n) is 8.33. The van der Waals surface area contributed by atoms with Crippen LogP contribution in [0.4, 0.5) is 14.5 Å². The first kappa shape index (κ1) is 21.1. The number of halogens is 3. The van der Waals surface area contributed by atoms with Gasteiger partial charge >= 0.3 is 0 Å². The van der Waals surface area contributed by atoms with Gasteiger partial charge in [-0.1, -0.05) is 17.7 Å². The van der Waals surface area contributed by atoms with E-state index in [0.717, 1.165) is 16.4 Å². The maximum absolute atomic E-state index is 14.0. The van der Waals surface area contributed by atoms with Crippen LogP contribution in [0.15, 0.2) is 36.4 Å². The minimum atomic E-state index is -4.04. The molecule has 1 heterocycles. The third-order valence-corrected chi connectivity index (χ3v) is 6.46. The zero-order chi connectivity index (χ0) is 21.3. The fraction of sp³-hybridized carbons (Fsp3) is 0.222. The highest BCUT2D eigenvalue weighted by Gasteiger charge is 2.40. The van der Waals surface area contributed by atoms with Crippen molar-refractivity contribution in [3.8, 4) is 6.07 Å². The Hall–Kier alpha value is -2.58. The second-order valence-electron chi connectivity index (χ2n) is 6.41. The van der Waals surface area contributed by atoms with Gasteiger partial charge in [0, 0.05) is 12.7 Å². The van der Waals surface area contributed by atoms with Gasteiger partial charge in [0.25, 0.3) is 10.2 Å². The Labute approximate surface area is 171 Å². The van der Waals surface area contributed by atoms with Gasteiger partial charge in [-0.25, -0.2) is 8.78 Å². The number of likely N-dealkylation sites (N-methyl/N-ethyl adjacent to an activating group) is 1. The van der Waals surface area contributed by atoms with Gasteiger partial charge in [0.05, 0.1) is 16.6 Å². The molecule has 11 heteroatoms. The molecule has 0 radical (unpaired) electrons. The van der Waals surface area contributed by atoms with E-state index in [9.17, 15) is 22.0 Å². The van der Waals surface area contributed by atoms with Crippen LogP contribution in [0.25, 0.3) is 0 Å². The third-order valence-electron chi connectivity index (χ3n) is 4.57. The van der Waals surface area contributed by atoms with Crippen LogP contribution in [-0.2, 0) is 15.0 Å². The van der Waals surface area contributed by atoms with Crippen LogP contribution in [-0.4, -0.2) is 31.7 Å². The quantitative estimate of drug-likeness (QED) is 0.766. The van der Waals surface area contributed by atoms with Crippen molar-refractivity contribution >= 4 is 33.4 Å². The fourth-order valence-electron chi connectivity index (χ4n) is 2.96. The monoisotopic (exact) mass is 440 g/mol. The molecule has 1 fully saturated rings. The molecule has 29 heavy (non-hydrogen) atoms. The van der Waals surface area contributed by atoms with E-state index in [4.69, 9.17) is 16.9 Å². The molecule has 0 aliphatic carbocycles. The zero-order valence-electron chi connectivity index (χ0n) is 15.0. The number of amides is 1. The molecule has 0 spiro atoms. The SMILES string of the molecule is CN1[C@H](C(=O)Nc2ccc(F)c(Cl)c2)C[C@H](c2ccc(C#N)c(F)c2)NS1(=O)=O. The van der Waals surface area contributed by atoms with Gasteiger partial charge in [0.15, 0.2) is 0 Å². The average Bonchev–Trinajstić information content (AvgIpc) is 2.66. The van der Waals surface area contributed by atoms with Gasteiger partial charge in [-0.2, -0.15) is 22.7 Å². The Morgan fingerprint density at radius 2 is 2.00 bits per heavy atom. The Bertz CT molecular complexity index is 1120. The average molecular weight is 441 g/mol. The summed E-state index contributed by atoms with van der Waals surface area (Å²) in [6.07, 6.45) is 0.00182. The Morgan fingerprint density at radius 1 is 1.28 bits per heavy atom. The van der Waals surface area contributed by atoms with Gasteiger partial charge in [-0.3, -0.25) is 4.79 Å². The van der Waals surface area contributed by atoms with E-state index < -0.39 is 39.8 Å². The van der Waals surface area contributed by atoms with E-state index >= 15 is 0 Å². The van der Waals surface area contributed by atoms with Crippen molar-refractivity contribution in [2.45, 2.75) is 18.5 Å². The lowest BCUT2D eigenvalue weighted by molar-refractivity contribution is -0.120. The summed E-state index contributed by atoms with van der Waals surface area (Å²) in [5.41, 5.74) is 0.305. The molecule has 2 atom stereocenters. The van der Waals surface area contributed by atoms with E-state index in [2.05, 4.69) is 10.0 Å². The smallest absolute Gasteiger partial charge is 0.280 e. The largest absolute Gasteiger partial charge is 0.325 e. The first-order valence-corrected chi connectivity index (χ1v) is 10.1. The number of hydrogen-bond acceptors (Lipinski definition) is 4. The molecule has 2 aromatic carbocycles. The molecule has 0 aromatic heterocycles. The standard InChI is InChI=1S/C18H15ClF2N4O3S/c1-25-17(18(26)23-12-4-5-14(20)13(19)7-12)8-16(24-29(25,27)28)10-2-3-11(9-22)15(21)6-10/h2-7,16-17,24H,8H2,1H3,(H,23,26)/t16-,17+/m1/s1. The predicted molar refractivity (Wildman–Crippen MR) is 102 cm³/mol. The molecule has 152 valence electrons. The number of nitrogens with zero attached hydrogens (tertiary/aromatic N) is 2. The first-order chi connectivity index (χ1) is 13.6. The summed E-state index contributed by atoms with van der Waals surface area (Å²) in [6, 6.07) is 6.99. The number of rotatable bonds is 3. The van der Waals surface area contributed by atoms with Crippen molar-refractivity contribution in [1.29, 1.82) is 5.26 Å². The lowest BCUT2D eigenvalue weighted by Crippen LogP contribution is -2.55. The molecule has 0 saturated carbocycles. The number of nitrogens with one attached hydrogen (secondary N) is 2. The fourth-order valence-corrected chi connectivity index (χ4v) is 4.42. The second kappa shape index (κ2) is 8.04. The molecule has 0 bridgehead atoms. The van der Waals surface area contributed by atoms with Crippen LogP contribution in [0.1, 0.15) is 23.6 Å². The molecule has 1 aliphatic heterocycles. The van der Waals surface area contributed by atoms with Crippen molar-refractivity contribution < 1.29 is 22.0 Å². The van der Waals surface area contributed by atoms with Crippen molar-refractivity contribution in [3.05, 3.63) is 64.2 Å². The van der Waals surface area contributed by atoms with Gasteiger partial charge in [-0.05, 0) is 42.3 Å². The van der Waals surface area contributed by atoms with E-state index in [-0.39, 0.29) is 28.3 Å². The molecular formula is C18H15ClF2N4O3S. The van der Waals surface area contributed by atoms with Crippen LogP contribution in [0.5, 0.6) is 0 Å². The summed E-state index contributed by atoms with van der Waals surface area (Å²) in [7, 11) is -2.80. The maximum atomic E-state index is 14.0. The molecule has 2 N–H and O–H groups in total. The molecular weight excluding hydrogens is 426 g/mol. The summed E-state index contributed by atoms with van der Waals surface area (Å²) < 4.78 is 55.4. The van der Waals surface area contributed by atoms with E-state index in [1.54, 1.807) is 6.07 Å². The second-order valence-corrected chi connectivity index (χ2v) is 8.58. The lowest BCUT2D eigenvalue weighted by atomic mass is 9.98. The van der Waals surface area contributed by atoms with Crippen LogP contribution < -0.4 is 10.0 Å². The Balaban J connectivity index is 1.87. The van der Waals surface area contributed by atoms with Gasteiger partial charge in [0.1, 0.15) is 23.7 Å². The van der Waals surface area contributed by atoms with Crippen molar-refractivity contribution in [3.63, 3.8) is 0 Å². The highest BCUT2D eigenvalue weighted by molar-refractivity contribution is 7.87. The van der Waals surface area contributed by atoms with Crippen LogP contribution in [0.3, 0.4) is 0 Å². The summed E-state index contributed by atoms with van der Waals surface area (Å²) in [4.78, 5) is 12.7. The van der Waals surface area contributed by atoms with Gasteiger partial charge in [-0.15, -0.1) is 0 Å². The number of nitriles is 1. The van der Waals surface area contributed by atoms with Crippen molar-refractivity contribution in [1.82, 2.24) is 9.03 Å². The zero-order valence-corrected chi connectivity index (χ0v) is 16.6. The minimum Gasteiger partial charge on any atom is -0.325 e. The molecule has 0 unspecified atom stereocenters. The number of anilines is 1. The van der Waals surface area contributed by atoms with Crippen LogP contribution in [0.2, 0.25) is 5.02 Å². The van der Waals surface area contributed by atoms with Crippen molar-refractivity contribution in [2.24, 2.45) is 0 Å². The number of benzene rings is 2. The van der Waals surface area contributed by atoms with E-state index in [0.29, 0.717) is 0 Å². The maximum Gasteiger partial charge on any atom is 0.280 e. The molecule has 7 nitrogen and oxygen atoms in total.